The molecule has 3 N–H and O–H groups in total. The van der Waals surface area contributed by atoms with E-state index in [1.54, 1.807) is 0 Å². The molecule has 0 amide bonds. The maximum Gasteiger partial charge on any atom is 0.0515 e. The van der Waals surface area contributed by atoms with Gasteiger partial charge in [-0.1, -0.05) is 0 Å². The molecule has 1 aliphatic heterocycles. The molecule has 0 spiro atoms. The smallest absolute Gasteiger partial charge is 0.0515 e. The van der Waals surface area contributed by atoms with Crippen molar-refractivity contribution in [2.75, 3.05) is 23.7 Å². The third kappa shape index (κ3) is 3.37. The Bertz CT molecular complexity index is 348. The molecule has 94 valence electrons. The molecule has 1 aromatic carbocycles. The highest BCUT2D eigenvalue weighted by molar-refractivity contribution is 5.53. The van der Waals surface area contributed by atoms with Crippen LogP contribution in [0.4, 0.5) is 11.4 Å². The van der Waals surface area contributed by atoms with Gasteiger partial charge in [0.05, 0.1) is 6.10 Å². The Kier molecular flexibility index (Phi) is 3.89. The summed E-state index contributed by atoms with van der Waals surface area (Å²) in [5.41, 5.74) is 7.75. The van der Waals surface area contributed by atoms with Crippen LogP contribution in [0.1, 0.15) is 26.2 Å². The van der Waals surface area contributed by atoms with Crippen LogP contribution in [0.2, 0.25) is 0 Å². The summed E-state index contributed by atoms with van der Waals surface area (Å²) in [4.78, 5) is 2.40. The highest BCUT2D eigenvalue weighted by Gasteiger charge is 2.21. The number of nitrogens with zero attached hydrogens (tertiary/aromatic N) is 1. The first-order valence-corrected chi connectivity index (χ1v) is 6.43. The summed E-state index contributed by atoms with van der Waals surface area (Å²) in [6.07, 6.45) is 3.16. The summed E-state index contributed by atoms with van der Waals surface area (Å²) in [5.74, 6) is 0.612. The molecule has 2 rings (SSSR count). The molecule has 1 aliphatic rings. The number of aliphatic hydroxyl groups is 1. The van der Waals surface area contributed by atoms with Gasteiger partial charge in [-0.15, -0.1) is 0 Å². The molecular weight excluding hydrogens is 212 g/mol. The van der Waals surface area contributed by atoms with E-state index < -0.39 is 0 Å². The lowest BCUT2D eigenvalue weighted by molar-refractivity contribution is 0.154. The number of hydrogen-bond donors (Lipinski definition) is 2. The summed E-state index contributed by atoms with van der Waals surface area (Å²) in [6, 6.07) is 8.07. The fraction of sp³-hybridized carbons (Fsp3) is 0.571. The van der Waals surface area contributed by atoms with Gasteiger partial charge in [0.15, 0.2) is 0 Å². The first-order valence-electron chi connectivity index (χ1n) is 6.43. The van der Waals surface area contributed by atoms with E-state index in [4.69, 9.17) is 5.73 Å². The van der Waals surface area contributed by atoms with Crippen molar-refractivity contribution in [3.8, 4) is 0 Å². The molecule has 0 aromatic heterocycles. The lowest BCUT2D eigenvalue weighted by Gasteiger charge is -2.35. The first kappa shape index (κ1) is 12.2. The van der Waals surface area contributed by atoms with Crippen LogP contribution < -0.4 is 10.6 Å². The number of anilines is 2. The Balaban J connectivity index is 1.99. The van der Waals surface area contributed by atoms with Crippen molar-refractivity contribution in [1.82, 2.24) is 0 Å². The van der Waals surface area contributed by atoms with Crippen molar-refractivity contribution in [2.45, 2.75) is 32.3 Å². The molecule has 0 aliphatic carbocycles. The minimum atomic E-state index is -0.189. The van der Waals surface area contributed by atoms with Gasteiger partial charge in [-0.2, -0.15) is 0 Å². The standard InChI is InChI=1S/C14H22N2O/c1-11(17)9-12-3-2-8-16(10-12)14-6-4-13(15)5-7-14/h4-7,11-12,17H,2-3,8-10,15H2,1H3. The largest absolute Gasteiger partial charge is 0.399 e. The minimum absolute atomic E-state index is 0.189. The third-order valence-corrected chi connectivity index (χ3v) is 3.45. The summed E-state index contributed by atoms with van der Waals surface area (Å²) < 4.78 is 0. The maximum atomic E-state index is 9.46. The number of benzene rings is 1. The number of aliphatic hydroxyl groups excluding tert-OH is 1. The van der Waals surface area contributed by atoms with Crippen LogP contribution in [0.5, 0.6) is 0 Å². The summed E-state index contributed by atoms with van der Waals surface area (Å²) in [6.45, 7) is 4.04. The van der Waals surface area contributed by atoms with Crippen molar-refractivity contribution in [2.24, 2.45) is 5.92 Å². The zero-order chi connectivity index (χ0) is 12.3. The normalized spacial score (nSPS) is 22.5. The number of rotatable bonds is 3. The van der Waals surface area contributed by atoms with Gasteiger partial charge in [0, 0.05) is 24.5 Å². The lowest BCUT2D eigenvalue weighted by atomic mass is 9.92. The van der Waals surface area contributed by atoms with Crippen molar-refractivity contribution >= 4 is 11.4 Å². The van der Waals surface area contributed by atoms with E-state index in [-0.39, 0.29) is 6.10 Å². The van der Waals surface area contributed by atoms with Crippen LogP contribution >= 0.6 is 0 Å². The molecule has 3 nitrogen and oxygen atoms in total. The Hall–Kier alpha value is -1.22. The minimum Gasteiger partial charge on any atom is -0.399 e. The second-order valence-electron chi connectivity index (χ2n) is 5.13. The highest BCUT2D eigenvalue weighted by Crippen LogP contribution is 2.26. The Morgan fingerprint density at radius 2 is 2.12 bits per heavy atom. The second-order valence-corrected chi connectivity index (χ2v) is 5.13. The van der Waals surface area contributed by atoms with E-state index in [1.807, 2.05) is 19.1 Å². The number of nitrogens with two attached hydrogens (primary N) is 1. The van der Waals surface area contributed by atoms with Crippen molar-refractivity contribution < 1.29 is 5.11 Å². The predicted molar refractivity (Wildman–Crippen MR) is 72.1 cm³/mol. The molecule has 2 unspecified atom stereocenters. The van der Waals surface area contributed by atoms with Crippen molar-refractivity contribution in [1.29, 1.82) is 0 Å². The predicted octanol–water partition coefficient (Wildman–Crippen LogP) is 2.26. The zero-order valence-corrected chi connectivity index (χ0v) is 10.5. The molecule has 1 saturated heterocycles. The van der Waals surface area contributed by atoms with Gasteiger partial charge >= 0.3 is 0 Å². The number of hydrogen-bond acceptors (Lipinski definition) is 3. The molecule has 0 radical (unpaired) electrons. The monoisotopic (exact) mass is 234 g/mol. The van der Waals surface area contributed by atoms with Crippen molar-refractivity contribution in [3.63, 3.8) is 0 Å². The Morgan fingerprint density at radius 3 is 2.76 bits per heavy atom. The van der Waals surface area contributed by atoms with E-state index in [2.05, 4.69) is 17.0 Å². The summed E-state index contributed by atoms with van der Waals surface area (Å²) >= 11 is 0. The van der Waals surface area contributed by atoms with E-state index in [1.165, 1.54) is 18.5 Å². The van der Waals surface area contributed by atoms with Crippen LogP contribution in [0.25, 0.3) is 0 Å². The molecule has 1 aromatic rings. The van der Waals surface area contributed by atoms with Gasteiger partial charge in [-0.05, 0) is 56.4 Å². The zero-order valence-electron chi connectivity index (χ0n) is 10.5. The van der Waals surface area contributed by atoms with E-state index in [9.17, 15) is 5.11 Å². The average Bonchev–Trinajstić information content (AvgIpc) is 2.29. The van der Waals surface area contributed by atoms with Gasteiger partial charge in [-0.3, -0.25) is 0 Å². The average molecular weight is 234 g/mol. The van der Waals surface area contributed by atoms with Crippen LogP contribution in [0.15, 0.2) is 24.3 Å². The quantitative estimate of drug-likeness (QED) is 0.789. The molecule has 0 saturated carbocycles. The molecule has 1 fully saturated rings. The SMILES string of the molecule is CC(O)CC1CCCN(c2ccc(N)cc2)C1. The van der Waals surface area contributed by atoms with E-state index in [0.29, 0.717) is 5.92 Å². The maximum absolute atomic E-state index is 9.46. The summed E-state index contributed by atoms with van der Waals surface area (Å²) in [7, 11) is 0. The molecule has 1 heterocycles. The second kappa shape index (κ2) is 5.41. The van der Waals surface area contributed by atoms with Gasteiger partial charge in [0.25, 0.3) is 0 Å². The summed E-state index contributed by atoms with van der Waals surface area (Å²) in [5, 5.41) is 9.46. The molecule has 2 atom stereocenters. The van der Waals surface area contributed by atoms with Gasteiger partial charge < -0.3 is 15.7 Å². The van der Waals surface area contributed by atoms with Gasteiger partial charge in [0.2, 0.25) is 0 Å². The van der Waals surface area contributed by atoms with Gasteiger partial charge in [0.1, 0.15) is 0 Å². The molecular formula is C14H22N2O. The number of piperidine rings is 1. The Labute approximate surface area is 103 Å². The molecule has 17 heavy (non-hydrogen) atoms. The molecule has 3 heteroatoms. The Morgan fingerprint density at radius 1 is 1.41 bits per heavy atom. The third-order valence-electron chi connectivity index (χ3n) is 3.45. The lowest BCUT2D eigenvalue weighted by Crippen LogP contribution is -2.36. The van der Waals surface area contributed by atoms with E-state index >= 15 is 0 Å². The van der Waals surface area contributed by atoms with E-state index in [0.717, 1.165) is 25.2 Å². The highest BCUT2D eigenvalue weighted by atomic mass is 16.3. The van der Waals surface area contributed by atoms with Gasteiger partial charge in [-0.25, -0.2) is 0 Å². The van der Waals surface area contributed by atoms with Crippen molar-refractivity contribution in [3.05, 3.63) is 24.3 Å². The number of nitrogen functional groups attached to an aromatic ring is 1. The van der Waals surface area contributed by atoms with Crippen LogP contribution in [-0.2, 0) is 0 Å². The van der Waals surface area contributed by atoms with Crippen LogP contribution in [0, 0.1) is 5.92 Å². The fourth-order valence-corrected chi connectivity index (χ4v) is 2.66. The molecule has 0 bridgehead atoms. The fourth-order valence-electron chi connectivity index (χ4n) is 2.66. The first-order chi connectivity index (χ1) is 8.15. The van der Waals surface area contributed by atoms with Crippen LogP contribution in [0.3, 0.4) is 0 Å². The van der Waals surface area contributed by atoms with Crippen LogP contribution in [-0.4, -0.2) is 24.3 Å². The topological polar surface area (TPSA) is 49.5 Å².